The molecule has 0 spiro atoms. The number of benzene rings is 1. The van der Waals surface area contributed by atoms with E-state index in [4.69, 9.17) is 11.6 Å². The van der Waals surface area contributed by atoms with Gasteiger partial charge in [0, 0.05) is 21.1 Å². The summed E-state index contributed by atoms with van der Waals surface area (Å²) in [6.45, 7) is 2.81. The second-order valence-electron chi connectivity index (χ2n) is 4.77. The summed E-state index contributed by atoms with van der Waals surface area (Å²) >= 11 is 9.59. The summed E-state index contributed by atoms with van der Waals surface area (Å²) in [7, 11) is 0. The maximum absolute atomic E-state index is 10.7. The number of hydrogen-bond donors (Lipinski definition) is 2. The molecule has 0 amide bonds. The van der Waals surface area contributed by atoms with E-state index in [1.165, 1.54) is 6.42 Å². The van der Waals surface area contributed by atoms with Crippen molar-refractivity contribution in [2.24, 2.45) is 0 Å². The van der Waals surface area contributed by atoms with Gasteiger partial charge in [0.25, 0.3) is 0 Å². The molecule has 1 heterocycles. The highest BCUT2D eigenvalue weighted by atomic mass is 79.9. The van der Waals surface area contributed by atoms with E-state index in [0.29, 0.717) is 5.02 Å². The summed E-state index contributed by atoms with van der Waals surface area (Å²) in [6.07, 6.45) is 3.32. The molecule has 2 N–H and O–H groups in total. The average Bonchev–Trinajstić information content (AvgIpc) is 2.29. The first-order valence-electron chi connectivity index (χ1n) is 5.93. The maximum Gasteiger partial charge on any atom is 0.103 e. The SMILES string of the molecule is CC(O)(c1ccc(Br)cc1Cl)C1CCCCN1. The molecule has 4 heteroatoms. The highest BCUT2D eigenvalue weighted by Gasteiger charge is 2.35. The molecule has 0 bridgehead atoms. The van der Waals surface area contributed by atoms with Gasteiger partial charge >= 0.3 is 0 Å². The van der Waals surface area contributed by atoms with Crippen LogP contribution in [0.25, 0.3) is 0 Å². The first-order valence-corrected chi connectivity index (χ1v) is 7.10. The molecule has 2 rings (SSSR count). The van der Waals surface area contributed by atoms with Crippen molar-refractivity contribution in [3.05, 3.63) is 33.3 Å². The van der Waals surface area contributed by atoms with Gasteiger partial charge in [-0.15, -0.1) is 0 Å². The lowest BCUT2D eigenvalue weighted by Gasteiger charge is -2.37. The topological polar surface area (TPSA) is 32.3 Å². The molecule has 2 nitrogen and oxygen atoms in total. The van der Waals surface area contributed by atoms with Crippen molar-refractivity contribution in [2.45, 2.75) is 37.8 Å². The fourth-order valence-electron chi connectivity index (χ4n) is 2.42. The maximum atomic E-state index is 10.7. The smallest absolute Gasteiger partial charge is 0.103 e. The number of hydrogen-bond acceptors (Lipinski definition) is 2. The third-order valence-electron chi connectivity index (χ3n) is 3.47. The van der Waals surface area contributed by atoms with Gasteiger partial charge in [-0.05, 0) is 38.4 Å². The van der Waals surface area contributed by atoms with E-state index in [2.05, 4.69) is 21.2 Å². The second-order valence-corrected chi connectivity index (χ2v) is 6.10. The van der Waals surface area contributed by atoms with Gasteiger partial charge in [-0.2, -0.15) is 0 Å². The Morgan fingerprint density at radius 1 is 1.47 bits per heavy atom. The molecule has 0 saturated carbocycles. The van der Waals surface area contributed by atoms with Crippen LogP contribution in [-0.4, -0.2) is 17.7 Å². The van der Waals surface area contributed by atoms with Gasteiger partial charge in [-0.1, -0.05) is 40.0 Å². The van der Waals surface area contributed by atoms with Crippen molar-refractivity contribution in [1.29, 1.82) is 0 Å². The quantitative estimate of drug-likeness (QED) is 0.875. The molecule has 1 aliphatic heterocycles. The number of piperidine rings is 1. The Kier molecular flexibility index (Phi) is 4.14. The van der Waals surface area contributed by atoms with E-state index < -0.39 is 5.60 Å². The Morgan fingerprint density at radius 2 is 2.24 bits per heavy atom. The minimum Gasteiger partial charge on any atom is -0.384 e. The lowest BCUT2D eigenvalue weighted by atomic mass is 9.84. The molecule has 2 atom stereocenters. The molecular formula is C13H17BrClNO. The Hall–Kier alpha value is -0.0900. The summed E-state index contributed by atoms with van der Waals surface area (Å²) in [5, 5.41) is 14.7. The molecule has 0 radical (unpaired) electrons. The van der Waals surface area contributed by atoms with Crippen molar-refractivity contribution >= 4 is 27.5 Å². The number of nitrogens with one attached hydrogen (secondary N) is 1. The highest BCUT2D eigenvalue weighted by Crippen LogP contribution is 2.35. The number of aliphatic hydroxyl groups is 1. The van der Waals surface area contributed by atoms with Crippen molar-refractivity contribution in [3.63, 3.8) is 0 Å². The first kappa shape index (κ1) is 13.3. The largest absolute Gasteiger partial charge is 0.384 e. The number of rotatable bonds is 2. The zero-order valence-electron chi connectivity index (χ0n) is 9.84. The molecule has 0 aliphatic carbocycles. The number of halogens is 2. The van der Waals surface area contributed by atoms with E-state index in [9.17, 15) is 5.11 Å². The fraction of sp³-hybridized carbons (Fsp3) is 0.538. The average molecular weight is 319 g/mol. The Balaban J connectivity index is 2.29. The molecule has 1 aromatic rings. The molecule has 17 heavy (non-hydrogen) atoms. The van der Waals surface area contributed by atoms with Crippen molar-refractivity contribution in [1.82, 2.24) is 5.32 Å². The lowest BCUT2D eigenvalue weighted by molar-refractivity contribution is 0.00576. The Morgan fingerprint density at radius 3 is 2.82 bits per heavy atom. The summed E-state index contributed by atoms with van der Waals surface area (Å²) in [5.41, 5.74) is -0.125. The summed E-state index contributed by atoms with van der Waals surface area (Å²) in [4.78, 5) is 0. The summed E-state index contributed by atoms with van der Waals surface area (Å²) in [5.74, 6) is 0. The van der Waals surface area contributed by atoms with Gasteiger partial charge in [0.1, 0.15) is 5.60 Å². The minimum absolute atomic E-state index is 0.0786. The lowest BCUT2D eigenvalue weighted by Crippen LogP contribution is -2.49. The molecule has 2 unspecified atom stereocenters. The zero-order valence-corrected chi connectivity index (χ0v) is 12.2. The molecule has 1 aliphatic rings. The monoisotopic (exact) mass is 317 g/mol. The zero-order chi connectivity index (χ0) is 12.5. The minimum atomic E-state index is -0.918. The van der Waals surface area contributed by atoms with Gasteiger partial charge in [-0.3, -0.25) is 0 Å². The Labute approximate surface area is 115 Å². The first-order chi connectivity index (χ1) is 8.01. The molecule has 1 fully saturated rings. The van der Waals surface area contributed by atoms with Gasteiger partial charge in [0.2, 0.25) is 0 Å². The fourth-order valence-corrected chi connectivity index (χ4v) is 3.28. The van der Waals surface area contributed by atoms with E-state index in [1.54, 1.807) is 0 Å². The Bertz CT molecular complexity index is 402. The van der Waals surface area contributed by atoms with Crippen LogP contribution < -0.4 is 5.32 Å². The van der Waals surface area contributed by atoms with E-state index >= 15 is 0 Å². The van der Waals surface area contributed by atoms with Crippen molar-refractivity contribution in [2.75, 3.05) is 6.54 Å². The van der Waals surface area contributed by atoms with Crippen LogP contribution in [0.15, 0.2) is 22.7 Å². The van der Waals surface area contributed by atoms with Crippen LogP contribution in [0.2, 0.25) is 5.02 Å². The molecule has 94 valence electrons. The van der Waals surface area contributed by atoms with Crippen LogP contribution >= 0.6 is 27.5 Å². The predicted octanol–water partition coefficient (Wildman–Crippen LogP) is 3.45. The van der Waals surface area contributed by atoms with Gasteiger partial charge in [0.05, 0.1) is 0 Å². The summed E-state index contributed by atoms with van der Waals surface area (Å²) < 4.78 is 0.929. The predicted molar refractivity (Wildman–Crippen MR) is 74.4 cm³/mol. The van der Waals surface area contributed by atoms with Crippen molar-refractivity contribution < 1.29 is 5.11 Å². The molecule has 1 saturated heterocycles. The van der Waals surface area contributed by atoms with Gasteiger partial charge < -0.3 is 10.4 Å². The van der Waals surface area contributed by atoms with Crippen LogP contribution in [0.3, 0.4) is 0 Å². The van der Waals surface area contributed by atoms with Crippen LogP contribution in [0.1, 0.15) is 31.7 Å². The van der Waals surface area contributed by atoms with Gasteiger partial charge in [-0.25, -0.2) is 0 Å². The third kappa shape index (κ3) is 2.84. The van der Waals surface area contributed by atoms with Crippen LogP contribution in [0.5, 0.6) is 0 Å². The summed E-state index contributed by atoms with van der Waals surface area (Å²) in [6, 6.07) is 5.71. The normalized spacial score (nSPS) is 24.4. The van der Waals surface area contributed by atoms with Gasteiger partial charge in [0.15, 0.2) is 0 Å². The van der Waals surface area contributed by atoms with E-state index in [-0.39, 0.29) is 6.04 Å². The molecule has 0 aromatic heterocycles. The molecular weight excluding hydrogens is 302 g/mol. The van der Waals surface area contributed by atoms with E-state index in [0.717, 1.165) is 29.4 Å². The molecule has 1 aromatic carbocycles. The third-order valence-corrected chi connectivity index (χ3v) is 4.27. The van der Waals surface area contributed by atoms with Crippen molar-refractivity contribution in [3.8, 4) is 0 Å². The van der Waals surface area contributed by atoms with Crippen LogP contribution in [0.4, 0.5) is 0 Å². The van der Waals surface area contributed by atoms with Crippen LogP contribution in [0, 0.1) is 0 Å². The second kappa shape index (κ2) is 5.27. The van der Waals surface area contributed by atoms with E-state index in [1.807, 2.05) is 25.1 Å². The standard InChI is InChI=1S/C13H17BrClNO/c1-13(17,12-4-2-3-7-16-12)10-6-5-9(14)8-11(10)15/h5-6,8,12,16-17H,2-4,7H2,1H3. The van der Waals surface area contributed by atoms with Crippen LogP contribution in [-0.2, 0) is 5.60 Å². The highest BCUT2D eigenvalue weighted by molar-refractivity contribution is 9.10.